The minimum atomic E-state index is 0.180. The van der Waals surface area contributed by atoms with Gasteiger partial charge in [0, 0.05) is 30.1 Å². The zero-order valence-electron chi connectivity index (χ0n) is 17.6. The smallest absolute Gasteiger partial charge is 0.230 e. The molecule has 3 aromatic rings. The molecule has 6 heteroatoms. The van der Waals surface area contributed by atoms with Crippen LogP contribution in [0.2, 0.25) is 0 Å². The number of carbonyl (C=O) groups is 1. The van der Waals surface area contributed by atoms with Gasteiger partial charge in [-0.1, -0.05) is 17.3 Å². The summed E-state index contributed by atoms with van der Waals surface area (Å²) in [5.74, 6) is 1.99. The molecule has 0 radical (unpaired) electrons. The van der Waals surface area contributed by atoms with Gasteiger partial charge in [-0.25, -0.2) is 0 Å². The van der Waals surface area contributed by atoms with Crippen molar-refractivity contribution in [2.24, 2.45) is 13.0 Å². The predicted octanol–water partition coefficient (Wildman–Crippen LogP) is 4.66. The second-order valence-corrected chi connectivity index (χ2v) is 8.51. The molecule has 0 saturated heterocycles. The number of rotatable bonds is 4. The number of anilines is 1. The second-order valence-electron chi connectivity index (χ2n) is 8.51. The molecule has 0 unspecified atom stereocenters. The van der Waals surface area contributed by atoms with Gasteiger partial charge in [-0.05, 0) is 69.4 Å². The number of aromatic nitrogens is 3. The molecule has 154 valence electrons. The minimum Gasteiger partial charge on any atom is -0.456 e. The van der Waals surface area contributed by atoms with E-state index in [4.69, 9.17) is 4.74 Å². The Morgan fingerprint density at radius 3 is 2.70 bits per heavy atom. The molecule has 2 aliphatic rings. The number of nitrogens with zero attached hydrogens (tertiary/aromatic N) is 4. The Morgan fingerprint density at radius 1 is 1.17 bits per heavy atom. The van der Waals surface area contributed by atoms with E-state index in [2.05, 4.69) is 36.3 Å². The number of hydrogen-bond acceptors (Lipinski definition) is 4. The summed E-state index contributed by atoms with van der Waals surface area (Å²) < 4.78 is 8.17. The van der Waals surface area contributed by atoms with E-state index < -0.39 is 0 Å². The lowest BCUT2D eigenvalue weighted by Gasteiger charge is -2.36. The fourth-order valence-electron chi connectivity index (χ4n) is 4.25. The van der Waals surface area contributed by atoms with Crippen molar-refractivity contribution in [3.63, 3.8) is 0 Å². The van der Waals surface area contributed by atoms with Gasteiger partial charge in [0.15, 0.2) is 0 Å². The van der Waals surface area contributed by atoms with Crippen LogP contribution in [0.5, 0.6) is 11.5 Å². The van der Waals surface area contributed by atoms with Crippen molar-refractivity contribution in [3.05, 3.63) is 53.7 Å². The Bertz CT molecular complexity index is 1120. The largest absolute Gasteiger partial charge is 0.456 e. The van der Waals surface area contributed by atoms with Crippen molar-refractivity contribution >= 4 is 11.6 Å². The van der Waals surface area contributed by atoms with E-state index in [0.717, 1.165) is 65.3 Å². The van der Waals surface area contributed by atoms with Gasteiger partial charge in [-0.15, -0.1) is 5.10 Å². The number of hydrogen-bond donors (Lipinski definition) is 0. The van der Waals surface area contributed by atoms with Gasteiger partial charge in [0.1, 0.15) is 17.2 Å². The summed E-state index contributed by atoms with van der Waals surface area (Å²) in [7, 11) is 1.85. The fraction of sp³-hybridized carbons (Fsp3) is 0.375. The van der Waals surface area contributed by atoms with E-state index in [1.165, 1.54) is 0 Å². The van der Waals surface area contributed by atoms with Crippen molar-refractivity contribution in [1.29, 1.82) is 0 Å². The molecule has 30 heavy (non-hydrogen) atoms. The molecule has 1 saturated carbocycles. The average molecular weight is 402 g/mol. The first-order chi connectivity index (χ1) is 14.5. The van der Waals surface area contributed by atoms with Crippen LogP contribution in [0, 0.1) is 12.8 Å². The zero-order valence-corrected chi connectivity index (χ0v) is 17.6. The topological polar surface area (TPSA) is 60.2 Å². The maximum absolute atomic E-state index is 13.1. The third-order valence-electron chi connectivity index (χ3n) is 6.00. The molecule has 1 fully saturated rings. The lowest BCUT2D eigenvalue weighted by atomic mass is 9.92. The first-order valence-electron chi connectivity index (χ1n) is 10.6. The molecule has 1 aromatic heterocycles. The average Bonchev–Trinajstić information content (AvgIpc) is 3.49. The summed E-state index contributed by atoms with van der Waals surface area (Å²) in [5, 5.41) is 8.42. The van der Waals surface area contributed by atoms with Gasteiger partial charge in [-0.2, -0.15) is 0 Å². The maximum atomic E-state index is 13.1. The Labute approximate surface area is 176 Å². The normalized spacial score (nSPS) is 18.2. The summed E-state index contributed by atoms with van der Waals surface area (Å²) in [5.41, 5.74) is 4.85. The van der Waals surface area contributed by atoms with Crippen molar-refractivity contribution < 1.29 is 9.53 Å². The summed E-state index contributed by atoms with van der Waals surface area (Å²) in [6.45, 7) is 4.19. The monoisotopic (exact) mass is 402 g/mol. The zero-order chi connectivity index (χ0) is 20.8. The number of aryl methyl sites for hydroxylation is 2. The van der Waals surface area contributed by atoms with E-state index >= 15 is 0 Å². The highest BCUT2D eigenvalue weighted by Crippen LogP contribution is 2.45. The van der Waals surface area contributed by atoms with Crippen LogP contribution in [0.25, 0.3) is 11.3 Å². The van der Waals surface area contributed by atoms with Crippen LogP contribution in [0.15, 0.2) is 42.6 Å². The molecule has 1 aliphatic heterocycles. The highest BCUT2D eigenvalue weighted by atomic mass is 16.5. The predicted molar refractivity (Wildman–Crippen MR) is 116 cm³/mol. The third kappa shape index (κ3) is 3.36. The second kappa shape index (κ2) is 7.27. The molecule has 2 heterocycles. The van der Waals surface area contributed by atoms with E-state index in [-0.39, 0.29) is 17.9 Å². The molecule has 5 rings (SSSR count). The standard InChI is InChI=1S/C24H26N4O2/c1-15-5-4-6-18(13-15)30-23-19(21-14-27(3)26-25-21)11-12-22-20(23)10-7-16(2)28(22)24(29)17-8-9-17/h4-6,11-14,16-17H,7-10H2,1-3H3/t16-/m0/s1. The maximum Gasteiger partial charge on any atom is 0.230 e. The molecule has 0 bridgehead atoms. The van der Waals surface area contributed by atoms with Gasteiger partial charge in [0.05, 0.1) is 11.9 Å². The van der Waals surface area contributed by atoms with Gasteiger partial charge in [0.25, 0.3) is 0 Å². The Hall–Kier alpha value is -3.15. The lowest BCUT2D eigenvalue weighted by Crippen LogP contribution is -2.43. The molecule has 6 nitrogen and oxygen atoms in total. The molecule has 0 N–H and O–H groups in total. The number of amides is 1. The van der Waals surface area contributed by atoms with Crippen molar-refractivity contribution in [1.82, 2.24) is 15.0 Å². The highest BCUT2D eigenvalue weighted by molar-refractivity contribution is 5.99. The SMILES string of the molecule is Cc1cccc(Oc2c(-c3cn(C)nn3)ccc3c2CC[C@H](C)N3C(=O)C2CC2)c1. The molecule has 1 atom stereocenters. The van der Waals surface area contributed by atoms with Crippen LogP contribution >= 0.6 is 0 Å². The molecular weight excluding hydrogens is 376 g/mol. The van der Waals surface area contributed by atoms with Crippen LogP contribution in [0.1, 0.15) is 37.3 Å². The van der Waals surface area contributed by atoms with Crippen molar-refractivity contribution in [2.45, 2.75) is 45.6 Å². The summed E-state index contributed by atoms with van der Waals surface area (Å²) in [6, 6.07) is 12.3. The minimum absolute atomic E-state index is 0.180. The van der Waals surface area contributed by atoms with Gasteiger partial charge < -0.3 is 9.64 Å². The van der Waals surface area contributed by atoms with Crippen molar-refractivity contribution in [3.8, 4) is 22.8 Å². The number of carbonyl (C=O) groups excluding carboxylic acids is 1. The van der Waals surface area contributed by atoms with E-state index in [9.17, 15) is 4.79 Å². The first kappa shape index (κ1) is 18.9. The quantitative estimate of drug-likeness (QED) is 0.637. The molecule has 1 aliphatic carbocycles. The Morgan fingerprint density at radius 2 is 2.00 bits per heavy atom. The van der Waals surface area contributed by atoms with E-state index in [1.807, 2.05) is 42.4 Å². The third-order valence-corrected chi connectivity index (χ3v) is 6.00. The number of fused-ring (bicyclic) bond motifs is 1. The Balaban J connectivity index is 1.65. The van der Waals surface area contributed by atoms with E-state index in [1.54, 1.807) is 4.68 Å². The van der Waals surface area contributed by atoms with Crippen LogP contribution < -0.4 is 9.64 Å². The lowest BCUT2D eigenvalue weighted by molar-refractivity contribution is -0.120. The molecular formula is C24H26N4O2. The fourth-order valence-corrected chi connectivity index (χ4v) is 4.25. The highest BCUT2D eigenvalue weighted by Gasteiger charge is 2.39. The van der Waals surface area contributed by atoms with Gasteiger partial charge >= 0.3 is 0 Å². The van der Waals surface area contributed by atoms with Gasteiger partial charge in [0.2, 0.25) is 5.91 Å². The summed E-state index contributed by atoms with van der Waals surface area (Å²) >= 11 is 0. The Kier molecular flexibility index (Phi) is 4.57. The number of ether oxygens (including phenoxy) is 1. The van der Waals surface area contributed by atoms with Crippen molar-refractivity contribution in [2.75, 3.05) is 4.90 Å². The van der Waals surface area contributed by atoms with E-state index in [0.29, 0.717) is 0 Å². The van der Waals surface area contributed by atoms with Gasteiger partial charge in [-0.3, -0.25) is 9.48 Å². The van der Waals surface area contributed by atoms with Crippen LogP contribution in [-0.2, 0) is 18.3 Å². The van der Waals surface area contributed by atoms with Crippen LogP contribution in [0.3, 0.4) is 0 Å². The molecule has 0 spiro atoms. The van der Waals surface area contributed by atoms with Crippen LogP contribution in [0.4, 0.5) is 5.69 Å². The first-order valence-corrected chi connectivity index (χ1v) is 10.6. The summed E-state index contributed by atoms with van der Waals surface area (Å²) in [4.78, 5) is 15.1. The molecule has 2 aromatic carbocycles. The molecule has 1 amide bonds. The number of benzene rings is 2. The summed E-state index contributed by atoms with van der Waals surface area (Å²) in [6.07, 6.45) is 5.67. The van der Waals surface area contributed by atoms with Crippen LogP contribution in [-0.4, -0.2) is 26.9 Å².